The van der Waals surface area contributed by atoms with Crippen LogP contribution in [0.1, 0.15) is 22.3 Å². The minimum atomic E-state index is -0.923. The number of imide groups is 1. The van der Waals surface area contributed by atoms with Crippen molar-refractivity contribution in [1.29, 1.82) is 0 Å². The Morgan fingerprint density at radius 2 is 1.67 bits per heavy atom. The van der Waals surface area contributed by atoms with Crippen LogP contribution in [-0.4, -0.2) is 41.4 Å². The molecule has 0 aliphatic carbocycles. The van der Waals surface area contributed by atoms with E-state index in [2.05, 4.69) is 15.7 Å². The molecule has 8 nitrogen and oxygen atoms in total. The Bertz CT molecular complexity index is 1070. The zero-order chi connectivity index (χ0) is 21.6. The second-order valence-corrected chi connectivity index (χ2v) is 7.90. The molecule has 0 saturated carbocycles. The molecule has 0 spiro atoms. The summed E-state index contributed by atoms with van der Waals surface area (Å²) in [5.41, 5.74) is 5.29. The fourth-order valence-corrected chi connectivity index (χ4v) is 3.85. The van der Waals surface area contributed by atoms with E-state index >= 15 is 0 Å². The minimum absolute atomic E-state index is 0.169. The van der Waals surface area contributed by atoms with Gasteiger partial charge in [-0.15, -0.1) is 0 Å². The van der Waals surface area contributed by atoms with Gasteiger partial charge in [0.1, 0.15) is 6.54 Å². The van der Waals surface area contributed by atoms with Crippen molar-refractivity contribution in [2.45, 2.75) is 39.8 Å². The number of nitrogens with zero attached hydrogens (tertiary/aromatic N) is 4. The number of fused-ring (bicyclic) bond motifs is 1. The molecule has 1 saturated heterocycles. The van der Waals surface area contributed by atoms with Gasteiger partial charge in [0.05, 0.1) is 5.69 Å². The van der Waals surface area contributed by atoms with E-state index in [4.69, 9.17) is 0 Å². The Morgan fingerprint density at radius 1 is 0.967 bits per heavy atom. The maximum Gasteiger partial charge on any atom is 0.263 e. The maximum atomic E-state index is 13.1. The van der Waals surface area contributed by atoms with E-state index in [0.29, 0.717) is 11.4 Å². The van der Waals surface area contributed by atoms with E-state index in [1.807, 2.05) is 52.0 Å². The van der Waals surface area contributed by atoms with Crippen LogP contribution < -0.4 is 10.2 Å². The van der Waals surface area contributed by atoms with Crippen molar-refractivity contribution in [3.63, 3.8) is 0 Å². The summed E-state index contributed by atoms with van der Waals surface area (Å²) in [5, 5.41) is 12.0. The molecular weight excluding hydrogens is 382 g/mol. The van der Waals surface area contributed by atoms with Crippen LogP contribution in [-0.2, 0) is 14.4 Å². The minimum Gasteiger partial charge on any atom is -0.324 e. The second-order valence-electron chi connectivity index (χ2n) is 7.90. The van der Waals surface area contributed by atoms with E-state index in [1.54, 1.807) is 12.1 Å². The molecule has 1 fully saturated rings. The van der Waals surface area contributed by atoms with Gasteiger partial charge in [-0.3, -0.25) is 19.4 Å². The van der Waals surface area contributed by atoms with E-state index in [-0.39, 0.29) is 12.5 Å². The average molecular weight is 405 g/mol. The standard InChI is InChI=1S/C22H23N5O3/c1-12-7-13(2)9-17(8-12)27-21(29)19-20(22(27)30)26(25-24-19)11-18(28)23-16-6-5-14(3)15(4)10-16/h5-10,19-20H,11H2,1-4H3,(H,23,28)/t19-,20+/m1/s1. The fourth-order valence-electron chi connectivity index (χ4n) is 3.85. The summed E-state index contributed by atoms with van der Waals surface area (Å²) in [4.78, 5) is 39.6. The molecule has 0 radical (unpaired) electrons. The van der Waals surface area contributed by atoms with Crippen molar-refractivity contribution in [1.82, 2.24) is 5.01 Å². The molecule has 2 aromatic rings. The van der Waals surface area contributed by atoms with E-state index < -0.39 is 23.9 Å². The third-order valence-electron chi connectivity index (χ3n) is 5.42. The largest absolute Gasteiger partial charge is 0.324 e. The van der Waals surface area contributed by atoms with Gasteiger partial charge in [-0.25, -0.2) is 4.90 Å². The zero-order valence-corrected chi connectivity index (χ0v) is 17.3. The summed E-state index contributed by atoms with van der Waals surface area (Å²) in [6.07, 6.45) is 0. The lowest BCUT2D eigenvalue weighted by molar-refractivity contribution is -0.123. The number of aryl methyl sites for hydroxylation is 4. The average Bonchev–Trinajstić information content (AvgIpc) is 3.17. The van der Waals surface area contributed by atoms with Gasteiger partial charge in [-0.05, 0) is 74.2 Å². The first kappa shape index (κ1) is 19.8. The van der Waals surface area contributed by atoms with Crippen molar-refractivity contribution in [3.05, 3.63) is 58.7 Å². The second kappa shape index (κ2) is 7.37. The van der Waals surface area contributed by atoms with Gasteiger partial charge in [0, 0.05) is 5.69 Å². The Kier molecular flexibility index (Phi) is 4.85. The Labute approximate surface area is 174 Å². The van der Waals surface area contributed by atoms with Crippen molar-refractivity contribution >= 4 is 29.1 Å². The van der Waals surface area contributed by atoms with Crippen molar-refractivity contribution < 1.29 is 14.4 Å². The molecule has 3 amide bonds. The highest BCUT2D eigenvalue weighted by molar-refractivity contribution is 6.25. The number of nitrogens with one attached hydrogen (secondary N) is 1. The third-order valence-corrected chi connectivity index (χ3v) is 5.42. The normalized spacial score (nSPS) is 20.1. The highest BCUT2D eigenvalue weighted by Crippen LogP contribution is 2.32. The van der Waals surface area contributed by atoms with Gasteiger partial charge in [0.25, 0.3) is 11.8 Å². The first-order valence-electron chi connectivity index (χ1n) is 9.75. The molecule has 0 bridgehead atoms. The van der Waals surface area contributed by atoms with E-state index in [9.17, 15) is 14.4 Å². The van der Waals surface area contributed by atoms with Gasteiger partial charge in [0.2, 0.25) is 5.91 Å². The first-order valence-corrected chi connectivity index (χ1v) is 9.75. The van der Waals surface area contributed by atoms with Gasteiger partial charge >= 0.3 is 0 Å². The molecule has 0 unspecified atom stereocenters. The van der Waals surface area contributed by atoms with Crippen LogP contribution in [0.15, 0.2) is 46.7 Å². The Morgan fingerprint density at radius 3 is 2.33 bits per heavy atom. The summed E-state index contributed by atoms with van der Waals surface area (Å²) >= 11 is 0. The number of rotatable bonds is 4. The Hall–Kier alpha value is -3.55. The fraction of sp³-hybridized carbons (Fsp3) is 0.318. The summed E-state index contributed by atoms with van der Waals surface area (Å²) in [6, 6.07) is 9.36. The van der Waals surface area contributed by atoms with Gasteiger partial charge in [-0.2, -0.15) is 5.11 Å². The van der Waals surface area contributed by atoms with Gasteiger partial charge in [0.15, 0.2) is 12.1 Å². The lowest BCUT2D eigenvalue weighted by Gasteiger charge is -2.20. The molecule has 30 heavy (non-hydrogen) atoms. The van der Waals surface area contributed by atoms with Crippen LogP contribution in [0.5, 0.6) is 0 Å². The molecule has 8 heteroatoms. The molecule has 1 N–H and O–H groups in total. The molecule has 2 aliphatic rings. The summed E-state index contributed by atoms with van der Waals surface area (Å²) in [7, 11) is 0. The quantitative estimate of drug-likeness (QED) is 0.792. The highest BCUT2D eigenvalue weighted by Gasteiger charge is 2.55. The molecule has 154 valence electrons. The summed E-state index contributed by atoms with van der Waals surface area (Å²) < 4.78 is 0. The highest BCUT2D eigenvalue weighted by atomic mass is 16.2. The molecule has 2 aromatic carbocycles. The van der Waals surface area contributed by atoms with E-state index in [0.717, 1.165) is 27.2 Å². The maximum absolute atomic E-state index is 13.1. The molecule has 2 atom stereocenters. The van der Waals surface area contributed by atoms with Crippen molar-refractivity contribution in [2.24, 2.45) is 10.3 Å². The predicted molar refractivity (Wildman–Crippen MR) is 112 cm³/mol. The van der Waals surface area contributed by atoms with Crippen LogP contribution >= 0.6 is 0 Å². The summed E-state index contributed by atoms with van der Waals surface area (Å²) in [6.45, 7) is 7.61. The molecule has 0 aromatic heterocycles. The van der Waals surface area contributed by atoms with Crippen LogP contribution in [0, 0.1) is 27.7 Å². The first-order chi connectivity index (χ1) is 14.2. The molecule has 2 aliphatic heterocycles. The van der Waals surface area contributed by atoms with Crippen LogP contribution in [0.2, 0.25) is 0 Å². The lowest BCUT2D eigenvalue weighted by Crippen LogP contribution is -2.43. The monoisotopic (exact) mass is 405 g/mol. The number of amides is 3. The summed E-state index contributed by atoms with van der Waals surface area (Å²) in [5.74, 6) is -1.17. The molecular formula is C22H23N5O3. The Balaban J connectivity index is 1.50. The number of carbonyl (C=O) groups excluding carboxylic acids is 3. The number of anilines is 2. The zero-order valence-electron chi connectivity index (χ0n) is 17.3. The lowest BCUT2D eigenvalue weighted by atomic mass is 10.1. The van der Waals surface area contributed by atoms with Crippen LogP contribution in [0.3, 0.4) is 0 Å². The number of hydrogen-bond acceptors (Lipinski definition) is 6. The van der Waals surface area contributed by atoms with Crippen LogP contribution in [0.25, 0.3) is 0 Å². The van der Waals surface area contributed by atoms with Gasteiger partial charge in [-0.1, -0.05) is 17.4 Å². The van der Waals surface area contributed by atoms with Crippen LogP contribution in [0.4, 0.5) is 11.4 Å². The topological polar surface area (TPSA) is 94.4 Å². The third kappa shape index (κ3) is 3.45. The molecule has 4 rings (SSSR count). The van der Waals surface area contributed by atoms with Gasteiger partial charge < -0.3 is 5.32 Å². The number of hydrogen-bond donors (Lipinski definition) is 1. The molecule has 2 heterocycles. The SMILES string of the molecule is Cc1cc(C)cc(N2C(=O)[C@@H]3[C@@H](N=NN3CC(=O)Nc3ccc(C)c(C)c3)C2=O)c1. The number of carbonyl (C=O) groups is 3. The number of benzene rings is 2. The van der Waals surface area contributed by atoms with Crippen molar-refractivity contribution in [2.75, 3.05) is 16.8 Å². The van der Waals surface area contributed by atoms with Crippen molar-refractivity contribution in [3.8, 4) is 0 Å². The van der Waals surface area contributed by atoms with E-state index in [1.165, 1.54) is 5.01 Å². The smallest absolute Gasteiger partial charge is 0.263 e. The predicted octanol–water partition coefficient (Wildman–Crippen LogP) is 2.85.